The van der Waals surface area contributed by atoms with Crippen LogP contribution in [0.3, 0.4) is 0 Å². The van der Waals surface area contributed by atoms with Crippen molar-refractivity contribution < 1.29 is 5.11 Å². The molecular weight excluding hydrogens is 300 g/mol. The zero-order chi connectivity index (χ0) is 11.8. The van der Waals surface area contributed by atoms with Crippen molar-refractivity contribution in [2.75, 3.05) is 11.5 Å². The van der Waals surface area contributed by atoms with Crippen LogP contribution in [0.15, 0.2) is 4.60 Å². The molecule has 0 aromatic carbocycles. The summed E-state index contributed by atoms with van der Waals surface area (Å²) in [5, 5.41) is 9.73. The molecule has 0 bridgehead atoms. The van der Waals surface area contributed by atoms with E-state index in [2.05, 4.69) is 20.5 Å². The van der Waals surface area contributed by atoms with E-state index in [1.165, 1.54) is 35.9 Å². The topological polar surface area (TPSA) is 38.0 Å². The molecule has 0 radical (unpaired) electrons. The van der Waals surface area contributed by atoms with Crippen molar-refractivity contribution in [3.63, 3.8) is 0 Å². The number of fused-ring (bicyclic) bond motifs is 1. The molecular formula is C12H17BrN2OS. The molecule has 94 valence electrons. The summed E-state index contributed by atoms with van der Waals surface area (Å²) >= 11 is 5.60. The minimum Gasteiger partial charge on any atom is -0.393 e. The van der Waals surface area contributed by atoms with Crippen molar-refractivity contribution in [2.45, 2.75) is 44.2 Å². The van der Waals surface area contributed by atoms with Gasteiger partial charge in [0.1, 0.15) is 10.4 Å². The van der Waals surface area contributed by atoms with Crippen LogP contribution in [0.4, 0.5) is 0 Å². The van der Waals surface area contributed by atoms with E-state index >= 15 is 0 Å². The second-order valence-electron chi connectivity index (χ2n) is 4.89. The Bertz CT molecular complexity index is 415. The van der Waals surface area contributed by atoms with E-state index < -0.39 is 0 Å². The zero-order valence-corrected chi connectivity index (χ0v) is 12.1. The first-order valence-corrected chi connectivity index (χ1v) is 8.21. The maximum atomic E-state index is 9.73. The van der Waals surface area contributed by atoms with Crippen LogP contribution in [0.2, 0.25) is 0 Å². The van der Waals surface area contributed by atoms with E-state index in [4.69, 9.17) is 4.98 Å². The molecule has 2 aliphatic heterocycles. The fourth-order valence-electron chi connectivity index (χ4n) is 2.79. The maximum absolute atomic E-state index is 9.73. The van der Waals surface area contributed by atoms with Gasteiger partial charge in [-0.3, -0.25) is 0 Å². The minimum absolute atomic E-state index is 0.190. The highest BCUT2D eigenvalue weighted by atomic mass is 79.9. The first kappa shape index (κ1) is 12.1. The number of halogens is 1. The van der Waals surface area contributed by atoms with Gasteiger partial charge in [0.15, 0.2) is 0 Å². The molecule has 0 saturated carbocycles. The first-order valence-electron chi connectivity index (χ1n) is 6.26. The highest BCUT2D eigenvalue weighted by Crippen LogP contribution is 2.35. The minimum atomic E-state index is -0.190. The van der Waals surface area contributed by atoms with Crippen molar-refractivity contribution in [3.8, 4) is 0 Å². The van der Waals surface area contributed by atoms with Gasteiger partial charge >= 0.3 is 0 Å². The lowest BCUT2D eigenvalue weighted by Gasteiger charge is -2.26. The highest BCUT2D eigenvalue weighted by molar-refractivity contribution is 9.10. The van der Waals surface area contributed by atoms with Gasteiger partial charge in [0.25, 0.3) is 0 Å². The molecule has 0 aliphatic carbocycles. The van der Waals surface area contributed by atoms with E-state index in [0.717, 1.165) is 24.0 Å². The molecule has 1 N–H and O–H groups in total. The van der Waals surface area contributed by atoms with E-state index in [1.807, 2.05) is 11.8 Å². The Balaban J connectivity index is 1.92. The van der Waals surface area contributed by atoms with Crippen molar-refractivity contribution in [1.82, 2.24) is 9.55 Å². The number of aliphatic hydroxyl groups excluding tert-OH is 1. The maximum Gasteiger partial charge on any atom is 0.127 e. The average Bonchev–Trinajstić information content (AvgIpc) is 2.68. The van der Waals surface area contributed by atoms with Gasteiger partial charge in [-0.1, -0.05) is 0 Å². The van der Waals surface area contributed by atoms with Crippen molar-refractivity contribution in [3.05, 3.63) is 16.1 Å². The van der Waals surface area contributed by atoms with Crippen LogP contribution in [0, 0.1) is 0 Å². The lowest BCUT2D eigenvalue weighted by molar-refractivity contribution is 0.142. The Kier molecular flexibility index (Phi) is 3.50. The third-order valence-corrected chi connectivity index (χ3v) is 5.44. The SMILES string of the molecule is OC1CCn2c(C3CCSCC3)nc(Br)c2C1. The van der Waals surface area contributed by atoms with Crippen molar-refractivity contribution >= 4 is 27.7 Å². The number of nitrogens with zero attached hydrogens (tertiary/aromatic N) is 2. The zero-order valence-electron chi connectivity index (χ0n) is 9.73. The van der Waals surface area contributed by atoms with Gasteiger partial charge in [-0.05, 0) is 46.7 Å². The van der Waals surface area contributed by atoms with Crippen LogP contribution in [0.1, 0.15) is 36.7 Å². The van der Waals surface area contributed by atoms with Crippen LogP contribution in [-0.2, 0) is 13.0 Å². The van der Waals surface area contributed by atoms with Gasteiger partial charge < -0.3 is 9.67 Å². The number of hydrogen-bond donors (Lipinski definition) is 1. The molecule has 1 saturated heterocycles. The quantitative estimate of drug-likeness (QED) is 0.865. The molecule has 1 atom stereocenters. The number of aliphatic hydroxyl groups is 1. The fraction of sp³-hybridized carbons (Fsp3) is 0.750. The summed E-state index contributed by atoms with van der Waals surface area (Å²) in [4.78, 5) is 4.71. The lowest BCUT2D eigenvalue weighted by atomic mass is 10.0. The van der Waals surface area contributed by atoms with E-state index in [1.54, 1.807) is 0 Å². The number of thioether (sulfide) groups is 1. The Morgan fingerprint density at radius 3 is 2.82 bits per heavy atom. The number of imidazole rings is 1. The standard InChI is InChI=1S/C12H17BrN2OS/c13-11-10-7-9(16)1-4-15(10)12(14-11)8-2-5-17-6-3-8/h8-9,16H,1-7H2. The molecule has 1 unspecified atom stereocenters. The van der Waals surface area contributed by atoms with E-state index in [0.29, 0.717) is 5.92 Å². The van der Waals surface area contributed by atoms with Crippen LogP contribution in [-0.4, -0.2) is 32.3 Å². The Morgan fingerprint density at radius 2 is 2.06 bits per heavy atom. The van der Waals surface area contributed by atoms with Crippen LogP contribution >= 0.6 is 27.7 Å². The number of aromatic nitrogens is 2. The summed E-state index contributed by atoms with van der Waals surface area (Å²) in [6.45, 7) is 0.925. The summed E-state index contributed by atoms with van der Waals surface area (Å²) in [6, 6.07) is 0. The van der Waals surface area contributed by atoms with E-state index in [9.17, 15) is 5.11 Å². The van der Waals surface area contributed by atoms with Gasteiger partial charge in [0.2, 0.25) is 0 Å². The van der Waals surface area contributed by atoms with Crippen LogP contribution < -0.4 is 0 Å². The molecule has 3 nitrogen and oxygen atoms in total. The number of rotatable bonds is 1. The molecule has 1 fully saturated rings. The normalized spacial score (nSPS) is 25.9. The smallest absolute Gasteiger partial charge is 0.127 e. The summed E-state index contributed by atoms with van der Waals surface area (Å²) in [5.74, 6) is 4.39. The second-order valence-corrected chi connectivity index (χ2v) is 6.87. The summed E-state index contributed by atoms with van der Waals surface area (Å²) in [6.07, 6.45) is 3.91. The molecule has 0 amide bonds. The largest absolute Gasteiger partial charge is 0.393 e. The monoisotopic (exact) mass is 316 g/mol. The predicted octanol–water partition coefficient (Wildman–Crippen LogP) is 2.56. The Hall–Kier alpha value is -0.0000000000000000555. The molecule has 2 aliphatic rings. The summed E-state index contributed by atoms with van der Waals surface area (Å²) in [7, 11) is 0. The van der Waals surface area contributed by atoms with Gasteiger partial charge in [-0.2, -0.15) is 11.8 Å². The Labute approximate surface area is 114 Å². The first-order chi connectivity index (χ1) is 8.25. The number of hydrogen-bond acceptors (Lipinski definition) is 3. The molecule has 3 rings (SSSR count). The van der Waals surface area contributed by atoms with Gasteiger partial charge in [-0.15, -0.1) is 0 Å². The van der Waals surface area contributed by atoms with E-state index in [-0.39, 0.29) is 6.10 Å². The van der Waals surface area contributed by atoms with Crippen LogP contribution in [0.5, 0.6) is 0 Å². The van der Waals surface area contributed by atoms with Crippen LogP contribution in [0.25, 0.3) is 0 Å². The highest BCUT2D eigenvalue weighted by Gasteiger charge is 2.28. The summed E-state index contributed by atoms with van der Waals surface area (Å²) < 4.78 is 3.29. The molecule has 1 aromatic heterocycles. The van der Waals surface area contributed by atoms with Gasteiger partial charge in [0.05, 0.1) is 11.8 Å². The fourth-order valence-corrected chi connectivity index (χ4v) is 4.45. The second kappa shape index (κ2) is 4.94. The Morgan fingerprint density at radius 1 is 1.29 bits per heavy atom. The molecule has 17 heavy (non-hydrogen) atoms. The van der Waals surface area contributed by atoms with Crippen molar-refractivity contribution in [1.29, 1.82) is 0 Å². The molecule has 5 heteroatoms. The summed E-state index contributed by atoms with van der Waals surface area (Å²) in [5.41, 5.74) is 1.19. The molecule has 3 heterocycles. The van der Waals surface area contributed by atoms with Gasteiger partial charge in [-0.25, -0.2) is 4.98 Å². The third kappa shape index (κ3) is 2.29. The molecule has 1 aromatic rings. The average molecular weight is 317 g/mol. The van der Waals surface area contributed by atoms with Crippen molar-refractivity contribution in [2.24, 2.45) is 0 Å². The van der Waals surface area contributed by atoms with Gasteiger partial charge in [0, 0.05) is 18.9 Å². The third-order valence-electron chi connectivity index (χ3n) is 3.75. The predicted molar refractivity (Wildman–Crippen MR) is 73.6 cm³/mol. The lowest BCUT2D eigenvalue weighted by Crippen LogP contribution is -2.25. The molecule has 0 spiro atoms.